The number of nitrogens with zero attached hydrogens (tertiary/aromatic N) is 1. The molecule has 1 atom stereocenters. The predicted octanol–water partition coefficient (Wildman–Crippen LogP) is 7.81. The van der Waals surface area contributed by atoms with E-state index < -0.39 is 0 Å². The van der Waals surface area contributed by atoms with E-state index in [0.717, 1.165) is 35.2 Å². The number of amides is 1. The Kier molecular flexibility index (Phi) is 10.3. The number of ether oxygens (including phenoxy) is 1. The van der Waals surface area contributed by atoms with Gasteiger partial charge in [-0.05, 0) is 68.9 Å². The second-order valence-corrected chi connectivity index (χ2v) is 9.51. The number of allylic oxidation sites excluding steroid dienone is 2. The predicted molar refractivity (Wildman–Crippen MR) is 160 cm³/mol. The van der Waals surface area contributed by atoms with Crippen molar-refractivity contribution in [3.63, 3.8) is 0 Å². The van der Waals surface area contributed by atoms with Gasteiger partial charge in [0.15, 0.2) is 6.73 Å². The van der Waals surface area contributed by atoms with Gasteiger partial charge in [-0.1, -0.05) is 98.3 Å². The highest BCUT2D eigenvalue weighted by atomic mass is 16.5. The van der Waals surface area contributed by atoms with Crippen molar-refractivity contribution >= 4 is 17.7 Å². The van der Waals surface area contributed by atoms with Crippen molar-refractivity contribution in [3.05, 3.63) is 118 Å². The van der Waals surface area contributed by atoms with Gasteiger partial charge in [0, 0.05) is 12.1 Å². The third kappa shape index (κ3) is 6.36. The minimum absolute atomic E-state index is 0.0930. The molecule has 2 aliphatic rings. The van der Waals surface area contributed by atoms with E-state index in [9.17, 15) is 4.79 Å². The molecule has 0 spiro atoms. The van der Waals surface area contributed by atoms with Crippen LogP contribution in [0.4, 0.5) is 0 Å². The zero-order valence-corrected chi connectivity index (χ0v) is 23.8. The number of aryl methyl sites for hydroxylation is 1. The molecule has 0 aromatic heterocycles. The Bertz CT molecular complexity index is 1260. The lowest BCUT2D eigenvalue weighted by atomic mass is 9.83. The molecule has 200 valence electrons. The van der Waals surface area contributed by atoms with Crippen LogP contribution >= 0.6 is 0 Å². The molecular formula is C34H42N2O2. The van der Waals surface area contributed by atoms with Gasteiger partial charge in [-0.3, -0.25) is 4.79 Å². The van der Waals surface area contributed by atoms with Gasteiger partial charge in [0.1, 0.15) is 0 Å². The maximum absolute atomic E-state index is 14.1. The molecule has 2 aliphatic heterocycles. The van der Waals surface area contributed by atoms with Crippen LogP contribution in [0.15, 0.2) is 101 Å². The van der Waals surface area contributed by atoms with Crippen molar-refractivity contribution < 1.29 is 9.53 Å². The summed E-state index contributed by atoms with van der Waals surface area (Å²) in [6, 6.07) is 18.0. The number of hydrogen-bond donors (Lipinski definition) is 1. The number of hydrogen-bond acceptors (Lipinski definition) is 3. The summed E-state index contributed by atoms with van der Waals surface area (Å²) >= 11 is 0. The molecule has 0 aliphatic carbocycles. The lowest BCUT2D eigenvalue weighted by Crippen LogP contribution is -2.46. The van der Waals surface area contributed by atoms with Gasteiger partial charge in [-0.25, -0.2) is 0 Å². The highest BCUT2D eigenvalue weighted by molar-refractivity contribution is 6.00. The van der Waals surface area contributed by atoms with Crippen molar-refractivity contribution in [1.82, 2.24) is 10.2 Å². The van der Waals surface area contributed by atoms with E-state index in [4.69, 9.17) is 4.74 Å². The van der Waals surface area contributed by atoms with E-state index in [-0.39, 0.29) is 18.7 Å². The molecule has 1 N–H and O–H groups in total. The first-order valence-electron chi connectivity index (χ1n) is 13.6. The molecule has 0 saturated heterocycles. The molecule has 0 radical (unpaired) electrons. The summed E-state index contributed by atoms with van der Waals surface area (Å²) in [7, 11) is 0. The smallest absolute Gasteiger partial charge is 0.292 e. The molecule has 2 heterocycles. The largest absolute Gasteiger partial charge is 0.465 e. The van der Waals surface area contributed by atoms with Crippen LogP contribution < -0.4 is 5.32 Å². The average molecular weight is 511 g/mol. The number of benzene rings is 2. The average Bonchev–Trinajstić information content (AvgIpc) is 3.45. The van der Waals surface area contributed by atoms with Crippen LogP contribution in [0.25, 0.3) is 11.8 Å². The fourth-order valence-electron chi connectivity index (χ4n) is 4.90. The van der Waals surface area contributed by atoms with Crippen molar-refractivity contribution in [2.75, 3.05) is 13.3 Å². The Morgan fingerprint density at radius 1 is 1.11 bits per heavy atom. The quantitative estimate of drug-likeness (QED) is 0.305. The molecule has 2 aromatic carbocycles. The fourth-order valence-corrected chi connectivity index (χ4v) is 4.90. The molecule has 0 bridgehead atoms. The highest BCUT2D eigenvalue weighted by Gasteiger charge is 2.37. The molecule has 0 fully saturated rings. The summed E-state index contributed by atoms with van der Waals surface area (Å²) in [5.74, 6) is 0.289. The number of nitrogens with one attached hydrogen (secondary N) is 1. The standard InChI is InChI=1S/C32H36N2O2.C2H6/c1-6-22(3)19-28-24(5)17-18-34(30(28)25(7-2)20-27-16-12-11-13-23(27)4)32(35)31-29(33-21-36-31)26-14-9-8-10-15-26;1-2/h6-16,20,30,33H,2,17-19,21H2,1,3-5H3;1-2H3/b22-6?,25-20+;/t30-;/m1./s1. The summed E-state index contributed by atoms with van der Waals surface area (Å²) in [5.41, 5.74) is 8.92. The number of carbonyl (C=O) groups is 1. The number of rotatable bonds is 7. The molecule has 38 heavy (non-hydrogen) atoms. The minimum atomic E-state index is -0.216. The SMILES string of the molecule is C=C/C(=C\c1ccccc1C)[C@@H]1C(CC(C)=CC)=C(C)CCN1C(=O)C1=C(c2ccccc2)NCO1.CC. The van der Waals surface area contributed by atoms with Crippen molar-refractivity contribution in [2.24, 2.45) is 0 Å². The van der Waals surface area contributed by atoms with Crippen LogP contribution in [0.5, 0.6) is 0 Å². The maximum atomic E-state index is 14.1. The first kappa shape index (κ1) is 28.8. The van der Waals surface area contributed by atoms with E-state index in [0.29, 0.717) is 12.3 Å². The lowest BCUT2D eigenvalue weighted by Gasteiger charge is -2.40. The van der Waals surface area contributed by atoms with Gasteiger partial charge in [-0.2, -0.15) is 0 Å². The Balaban J connectivity index is 0.00000195. The zero-order chi connectivity index (χ0) is 27.7. The van der Waals surface area contributed by atoms with Gasteiger partial charge in [0.2, 0.25) is 5.76 Å². The van der Waals surface area contributed by atoms with Gasteiger partial charge in [0.05, 0.1) is 11.7 Å². The van der Waals surface area contributed by atoms with E-state index >= 15 is 0 Å². The molecule has 4 rings (SSSR count). The van der Waals surface area contributed by atoms with E-state index in [2.05, 4.69) is 63.9 Å². The molecule has 0 unspecified atom stereocenters. The van der Waals surface area contributed by atoms with Crippen LogP contribution in [-0.4, -0.2) is 30.1 Å². The van der Waals surface area contributed by atoms with Gasteiger partial charge in [0.25, 0.3) is 5.91 Å². The topological polar surface area (TPSA) is 41.6 Å². The summed E-state index contributed by atoms with van der Waals surface area (Å²) in [5, 5.41) is 3.26. The monoisotopic (exact) mass is 510 g/mol. The molecular weight excluding hydrogens is 468 g/mol. The third-order valence-electron chi connectivity index (χ3n) is 7.15. The second kappa shape index (κ2) is 13.7. The molecule has 4 nitrogen and oxygen atoms in total. The van der Waals surface area contributed by atoms with Crippen molar-refractivity contribution in [1.29, 1.82) is 0 Å². The first-order valence-corrected chi connectivity index (χ1v) is 13.6. The zero-order valence-electron chi connectivity index (χ0n) is 23.8. The molecule has 4 heteroatoms. The highest BCUT2D eigenvalue weighted by Crippen LogP contribution is 2.36. The Labute approximate surface area is 229 Å². The summed E-state index contributed by atoms with van der Waals surface area (Å²) in [6.07, 6.45) is 7.89. The van der Waals surface area contributed by atoms with Crippen LogP contribution in [0.2, 0.25) is 0 Å². The Morgan fingerprint density at radius 3 is 2.45 bits per heavy atom. The Hall–Kier alpha value is -3.79. The molecule has 2 aromatic rings. The summed E-state index contributed by atoms with van der Waals surface area (Å²) in [6.45, 7) is 17.6. The Morgan fingerprint density at radius 2 is 1.79 bits per heavy atom. The lowest BCUT2D eigenvalue weighted by molar-refractivity contribution is -0.131. The molecule has 0 saturated carbocycles. The van der Waals surface area contributed by atoms with Crippen molar-refractivity contribution in [2.45, 2.75) is 60.4 Å². The van der Waals surface area contributed by atoms with Crippen LogP contribution in [0, 0.1) is 6.92 Å². The van der Waals surface area contributed by atoms with Crippen LogP contribution in [0.1, 0.15) is 64.2 Å². The van der Waals surface area contributed by atoms with E-state index in [1.54, 1.807) is 0 Å². The minimum Gasteiger partial charge on any atom is -0.465 e. The van der Waals surface area contributed by atoms with Crippen molar-refractivity contribution in [3.8, 4) is 0 Å². The second-order valence-electron chi connectivity index (χ2n) is 9.51. The third-order valence-corrected chi connectivity index (χ3v) is 7.15. The van der Waals surface area contributed by atoms with Gasteiger partial charge >= 0.3 is 0 Å². The first-order chi connectivity index (χ1) is 18.4. The van der Waals surface area contributed by atoms with Crippen LogP contribution in [0.3, 0.4) is 0 Å². The number of carbonyl (C=O) groups excluding carboxylic acids is 1. The van der Waals surface area contributed by atoms with E-state index in [1.165, 1.54) is 22.3 Å². The van der Waals surface area contributed by atoms with E-state index in [1.807, 2.05) is 67.3 Å². The molecule has 1 amide bonds. The summed E-state index contributed by atoms with van der Waals surface area (Å²) < 4.78 is 5.90. The van der Waals surface area contributed by atoms with Gasteiger partial charge < -0.3 is 15.0 Å². The summed E-state index contributed by atoms with van der Waals surface area (Å²) in [4.78, 5) is 16.1. The normalized spacial score (nSPS) is 17.9. The van der Waals surface area contributed by atoms with Gasteiger partial charge in [-0.15, -0.1) is 0 Å². The van der Waals surface area contributed by atoms with Crippen LogP contribution in [-0.2, 0) is 9.53 Å². The maximum Gasteiger partial charge on any atom is 0.292 e. The fraction of sp³-hybridized carbons (Fsp3) is 0.324.